The molecule has 1 aliphatic rings. The number of halogens is 1. The average Bonchev–Trinajstić information content (AvgIpc) is 3.09. The van der Waals surface area contributed by atoms with Gasteiger partial charge in [-0.3, -0.25) is 0 Å². The maximum absolute atomic E-state index is 12.7. The summed E-state index contributed by atoms with van der Waals surface area (Å²) in [5.41, 5.74) is 0.145. The molecule has 1 aliphatic heterocycles. The summed E-state index contributed by atoms with van der Waals surface area (Å²) in [7, 11) is -3.60. The van der Waals surface area contributed by atoms with Gasteiger partial charge in [0.05, 0.1) is 11.4 Å². The molecule has 0 spiro atoms. The van der Waals surface area contributed by atoms with Crippen molar-refractivity contribution in [3.63, 3.8) is 0 Å². The third-order valence-electron chi connectivity index (χ3n) is 3.98. The van der Waals surface area contributed by atoms with Crippen LogP contribution in [0.25, 0.3) is 0 Å². The molecule has 0 bridgehead atoms. The van der Waals surface area contributed by atoms with Crippen LogP contribution < -0.4 is 15.4 Å². The molecule has 0 aliphatic carbocycles. The van der Waals surface area contributed by atoms with E-state index < -0.39 is 15.6 Å². The second-order valence-corrected chi connectivity index (χ2v) is 10.7. The molecule has 1 heterocycles. The fourth-order valence-corrected chi connectivity index (χ4v) is 5.73. The molecule has 1 saturated heterocycles. The first-order valence-electron chi connectivity index (χ1n) is 9.47. The van der Waals surface area contributed by atoms with E-state index in [1.807, 2.05) is 51.6 Å². The van der Waals surface area contributed by atoms with E-state index >= 15 is 0 Å². The van der Waals surface area contributed by atoms with Gasteiger partial charge in [0.1, 0.15) is 0 Å². The first-order valence-corrected chi connectivity index (χ1v) is 12.0. The minimum absolute atomic E-state index is 0. The van der Waals surface area contributed by atoms with Gasteiger partial charge >= 0.3 is 0 Å². The van der Waals surface area contributed by atoms with Crippen molar-refractivity contribution in [2.24, 2.45) is 4.99 Å². The Bertz CT molecular complexity index is 743. The second kappa shape index (κ2) is 11.6. The van der Waals surface area contributed by atoms with Crippen molar-refractivity contribution < 1.29 is 8.42 Å². The Labute approximate surface area is 191 Å². The van der Waals surface area contributed by atoms with Gasteiger partial charge in [0, 0.05) is 23.9 Å². The van der Waals surface area contributed by atoms with Crippen LogP contribution in [-0.2, 0) is 16.6 Å². The standard InChI is InChI=1S/C19H32N4O2S2.HI/c1-5-20-18(22-14-16-10-8-12-26-16)21-13-15-9-6-7-11-17(15)27(24,25)23-19(2,3)4;/h6-7,9,11,16,23H,5,8,10,12-14H2,1-4H3,(H2,20,21,22);1H. The Hall–Kier alpha value is -0.520. The van der Waals surface area contributed by atoms with E-state index in [9.17, 15) is 8.42 Å². The van der Waals surface area contributed by atoms with Gasteiger partial charge in [-0.15, -0.1) is 24.0 Å². The maximum Gasteiger partial charge on any atom is 0.241 e. The number of guanidine groups is 1. The second-order valence-electron chi connectivity index (χ2n) is 7.67. The predicted molar refractivity (Wildman–Crippen MR) is 130 cm³/mol. The summed E-state index contributed by atoms with van der Waals surface area (Å²) < 4.78 is 28.2. The van der Waals surface area contributed by atoms with Crippen molar-refractivity contribution in [1.82, 2.24) is 15.4 Å². The van der Waals surface area contributed by atoms with Gasteiger partial charge in [-0.1, -0.05) is 18.2 Å². The molecule has 1 fully saturated rings. The quantitative estimate of drug-likeness (QED) is 0.281. The van der Waals surface area contributed by atoms with E-state index in [0.29, 0.717) is 17.4 Å². The molecule has 3 N–H and O–H groups in total. The Balaban J connectivity index is 0.00000392. The number of hydrogen-bond acceptors (Lipinski definition) is 4. The Morgan fingerprint density at radius 1 is 1.25 bits per heavy atom. The topological polar surface area (TPSA) is 82.6 Å². The Morgan fingerprint density at radius 2 is 1.96 bits per heavy atom. The highest BCUT2D eigenvalue weighted by molar-refractivity contribution is 14.0. The van der Waals surface area contributed by atoms with E-state index in [2.05, 4.69) is 20.3 Å². The summed E-state index contributed by atoms with van der Waals surface area (Å²) in [5.74, 6) is 1.95. The lowest BCUT2D eigenvalue weighted by molar-refractivity contribution is 0.491. The van der Waals surface area contributed by atoms with Gasteiger partial charge in [-0.2, -0.15) is 11.8 Å². The van der Waals surface area contributed by atoms with Crippen molar-refractivity contribution in [1.29, 1.82) is 0 Å². The van der Waals surface area contributed by atoms with Crippen molar-refractivity contribution in [3.8, 4) is 0 Å². The van der Waals surface area contributed by atoms with E-state index in [-0.39, 0.29) is 28.9 Å². The fraction of sp³-hybridized carbons (Fsp3) is 0.632. The SMILES string of the molecule is CCNC(=NCc1ccccc1S(=O)(=O)NC(C)(C)C)NCC1CCCS1.I. The van der Waals surface area contributed by atoms with Crippen LogP contribution in [0, 0.1) is 0 Å². The lowest BCUT2D eigenvalue weighted by Gasteiger charge is -2.21. The van der Waals surface area contributed by atoms with Crippen LogP contribution in [0.2, 0.25) is 0 Å². The van der Waals surface area contributed by atoms with Gasteiger partial charge in [-0.05, 0) is 57.9 Å². The smallest absolute Gasteiger partial charge is 0.241 e. The molecule has 6 nitrogen and oxygen atoms in total. The molecule has 1 atom stereocenters. The molecule has 28 heavy (non-hydrogen) atoms. The molecule has 160 valence electrons. The first kappa shape index (κ1) is 25.5. The van der Waals surface area contributed by atoms with Crippen molar-refractivity contribution >= 4 is 51.7 Å². The summed E-state index contributed by atoms with van der Waals surface area (Å²) in [6.45, 7) is 9.46. The highest BCUT2D eigenvalue weighted by Crippen LogP contribution is 2.25. The molecule has 1 unspecified atom stereocenters. The minimum atomic E-state index is -3.60. The maximum atomic E-state index is 12.7. The number of aliphatic imine (C=N–C) groups is 1. The van der Waals surface area contributed by atoms with Crippen LogP contribution in [0.1, 0.15) is 46.1 Å². The summed E-state index contributed by atoms with van der Waals surface area (Å²) in [6.07, 6.45) is 2.51. The zero-order valence-corrected chi connectivity index (χ0v) is 21.1. The van der Waals surface area contributed by atoms with Crippen LogP contribution in [0.5, 0.6) is 0 Å². The lowest BCUT2D eigenvalue weighted by atomic mass is 10.1. The molecule has 0 amide bonds. The number of nitrogens with one attached hydrogen (secondary N) is 3. The summed E-state index contributed by atoms with van der Waals surface area (Å²) in [6, 6.07) is 7.03. The third-order valence-corrected chi connectivity index (χ3v) is 7.23. The van der Waals surface area contributed by atoms with Crippen molar-refractivity contribution in [2.45, 2.75) is 62.8 Å². The largest absolute Gasteiger partial charge is 0.357 e. The van der Waals surface area contributed by atoms with Crippen LogP contribution in [0.4, 0.5) is 0 Å². The fourth-order valence-electron chi connectivity index (χ4n) is 2.88. The van der Waals surface area contributed by atoms with Gasteiger partial charge in [0.15, 0.2) is 5.96 Å². The zero-order chi connectivity index (χ0) is 19.9. The predicted octanol–water partition coefficient (Wildman–Crippen LogP) is 3.33. The number of thioether (sulfide) groups is 1. The van der Waals surface area contributed by atoms with Gasteiger partial charge in [-0.25, -0.2) is 18.1 Å². The molecule has 0 saturated carbocycles. The lowest BCUT2D eigenvalue weighted by Crippen LogP contribution is -2.41. The van der Waals surface area contributed by atoms with Crippen LogP contribution in [-0.4, -0.2) is 44.0 Å². The van der Waals surface area contributed by atoms with E-state index in [1.54, 1.807) is 12.1 Å². The molecular formula is C19H33IN4O2S2. The monoisotopic (exact) mass is 540 g/mol. The molecule has 0 aromatic heterocycles. The van der Waals surface area contributed by atoms with Crippen LogP contribution >= 0.6 is 35.7 Å². The highest BCUT2D eigenvalue weighted by Gasteiger charge is 2.24. The van der Waals surface area contributed by atoms with E-state index in [0.717, 1.165) is 19.0 Å². The Kier molecular flexibility index (Phi) is 10.6. The molecular weight excluding hydrogens is 507 g/mol. The number of benzene rings is 1. The molecule has 1 aromatic rings. The number of sulfonamides is 1. The highest BCUT2D eigenvalue weighted by atomic mass is 127. The third kappa shape index (κ3) is 8.46. The van der Waals surface area contributed by atoms with Crippen molar-refractivity contribution in [2.75, 3.05) is 18.8 Å². The van der Waals surface area contributed by atoms with Crippen molar-refractivity contribution in [3.05, 3.63) is 29.8 Å². The summed E-state index contributed by atoms with van der Waals surface area (Å²) in [5, 5.41) is 7.24. The molecule has 2 rings (SSSR count). The number of hydrogen-bond donors (Lipinski definition) is 3. The van der Waals surface area contributed by atoms with E-state index in [4.69, 9.17) is 0 Å². The first-order chi connectivity index (χ1) is 12.7. The van der Waals surface area contributed by atoms with Gasteiger partial charge in [0.25, 0.3) is 0 Å². The number of rotatable bonds is 7. The minimum Gasteiger partial charge on any atom is -0.357 e. The van der Waals surface area contributed by atoms with E-state index in [1.165, 1.54) is 18.6 Å². The zero-order valence-electron chi connectivity index (χ0n) is 17.1. The number of nitrogens with zero attached hydrogens (tertiary/aromatic N) is 1. The molecule has 1 aromatic carbocycles. The summed E-state index contributed by atoms with van der Waals surface area (Å²) >= 11 is 2.00. The van der Waals surface area contributed by atoms with Gasteiger partial charge < -0.3 is 10.6 Å². The molecule has 9 heteroatoms. The average molecular weight is 541 g/mol. The Morgan fingerprint density at radius 3 is 2.57 bits per heavy atom. The normalized spacial score (nSPS) is 17.9. The van der Waals surface area contributed by atoms with Crippen LogP contribution in [0.15, 0.2) is 34.2 Å². The summed E-state index contributed by atoms with van der Waals surface area (Å²) in [4.78, 5) is 4.89. The molecule has 0 radical (unpaired) electrons. The van der Waals surface area contributed by atoms with Gasteiger partial charge in [0.2, 0.25) is 10.0 Å². The van der Waals surface area contributed by atoms with Crippen LogP contribution in [0.3, 0.4) is 0 Å².